The molecule has 1 aromatic carbocycles. The molecule has 16 heavy (non-hydrogen) atoms. The van der Waals surface area contributed by atoms with Crippen molar-refractivity contribution in [2.45, 2.75) is 6.92 Å². The van der Waals surface area contributed by atoms with E-state index in [4.69, 9.17) is 14.9 Å². The van der Waals surface area contributed by atoms with Gasteiger partial charge in [-0.2, -0.15) is 0 Å². The van der Waals surface area contributed by atoms with E-state index in [0.29, 0.717) is 17.7 Å². The highest BCUT2D eigenvalue weighted by atomic mass is 16.5. The number of benzene rings is 1. The fourth-order valence-electron chi connectivity index (χ4n) is 1.30. The van der Waals surface area contributed by atoms with Gasteiger partial charge in [-0.1, -0.05) is 12.1 Å². The Morgan fingerprint density at radius 2 is 2.00 bits per heavy atom. The summed E-state index contributed by atoms with van der Waals surface area (Å²) >= 11 is 0. The van der Waals surface area contributed by atoms with Crippen LogP contribution in [0.15, 0.2) is 30.3 Å². The zero-order valence-electron chi connectivity index (χ0n) is 9.01. The summed E-state index contributed by atoms with van der Waals surface area (Å²) in [7, 11) is 0. The number of aliphatic carboxylic acids is 1. The first kappa shape index (κ1) is 12.3. The predicted octanol–water partition coefficient (Wildman–Crippen LogP) is 1.55. The summed E-state index contributed by atoms with van der Waals surface area (Å²) in [6.45, 7) is 2.16. The second-order valence-corrected chi connectivity index (χ2v) is 3.12. The maximum absolute atomic E-state index is 10.5. The first-order valence-corrected chi connectivity index (χ1v) is 4.95. The zero-order valence-corrected chi connectivity index (χ0v) is 9.01. The van der Waals surface area contributed by atoms with Crippen molar-refractivity contribution in [3.8, 4) is 5.75 Å². The van der Waals surface area contributed by atoms with Crippen molar-refractivity contribution in [3.05, 3.63) is 35.9 Å². The molecule has 0 radical (unpaired) electrons. The molecule has 0 bridgehead atoms. The largest absolute Gasteiger partial charge is 0.494 e. The minimum absolute atomic E-state index is 0.305. The van der Waals surface area contributed by atoms with Crippen molar-refractivity contribution in [3.63, 3.8) is 0 Å². The van der Waals surface area contributed by atoms with Crippen molar-refractivity contribution < 1.29 is 19.7 Å². The van der Waals surface area contributed by atoms with Crippen LogP contribution in [0.3, 0.4) is 0 Å². The standard InChI is InChI=1S/C12H14O4/c1-2-16-11-5-3-9(4-6-11)10(8-13)7-12(14)15/h3-7,13H,2,8H2,1H3,(H,14,15)/b10-7+. The molecule has 0 aliphatic heterocycles. The molecular weight excluding hydrogens is 208 g/mol. The number of aliphatic hydroxyl groups is 1. The number of carboxylic acid groups (broad SMARTS) is 1. The molecule has 0 aromatic heterocycles. The molecule has 0 heterocycles. The molecule has 0 aliphatic rings. The van der Waals surface area contributed by atoms with Gasteiger partial charge in [0.2, 0.25) is 0 Å². The molecule has 2 N–H and O–H groups in total. The van der Waals surface area contributed by atoms with Crippen LogP contribution in [0.1, 0.15) is 12.5 Å². The molecule has 0 aliphatic carbocycles. The third kappa shape index (κ3) is 3.40. The smallest absolute Gasteiger partial charge is 0.328 e. The lowest BCUT2D eigenvalue weighted by atomic mass is 10.1. The van der Waals surface area contributed by atoms with Gasteiger partial charge in [0.15, 0.2) is 0 Å². The molecule has 0 saturated heterocycles. The van der Waals surface area contributed by atoms with Gasteiger partial charge >= 0.3 is 5.97 Å². The summed E-state index contributed by atoms with van der Waals surface area (Å²) in [5.74, 6) is -0.350. The highest BCUT2D eigenvalue weighted by Crippen LogP contribution is 2.18. The maximum atomic E-state index is 10.5. The van der Waals surface area contributed by atoms with Gasteiger partial charge in [0.05, 0.1) is 13.2 Å². The molecule has 0 amide bonds. The molecule has 0 spiro atoms. The number of rotatable bonds is 5. The Balaban J connectivity index is 2.91. The average Bonchev–Trinajstić information content (AvgIpc) is 2.27. The predicted molar refractivity (Wildman–Crippen MR) is 60.3 cm³/mol. The quantitative estimate of drug-likeness (QED) is 0.742. The van der Waals surface area contributed by atoms with Gasteiger partial charge in [-0.25, -0.2) is 4.79 Å². The SMILES string of the molecule is CCOc1ccc(/C(=C/C(=O)O)CO)cc1. The lowest BCUT2D eigenvalue weighted by Crippen LogP contribution is -1.97. The number of hydrogen-bond donors (Lipinski definition) is 2. The monoisotopic (exact) mass is 222 g/mol. The van der Waals surface area contributed by atoms with Crippen molar-refractivity contribution in [2.75, 3.05) is 13.2 Å². The van der Waals surface area contributed by atoms with Gasteiger partial charge in [-0.05, 0) is 30.2 Å². The van der Waals surface area contributed by atoms with Gasteiger partial charge < -0.3 is 14.9 Å². The Morgan fingerprint density at radius 1 is 1.38 bits per heavy atom. The number of carboxylic acids is 1. The zero-order chi connectivity index (χ0) is 12.0. The van der Waals surface area contributed by atoms with E-state index in [1.54, 1.807) is 24.3 Å². The summed E-state index contributed by atoms with van der Waals surface area (Å²) in [5.41, 5.74) is 1.05. The second kappa shape index (κ2) is 5.92. The van der Waals surface area contributed by atoms with Crippen molar-refractivity contribution in [1.82, 2.24) is 0 Å². The van der Waals surface area contributed by atoms with Crippen molar-refractivity contribution >= 4 is 11.5 Å². The van der Waals surface area contributed by atoms with Crippen LogP contribution < -0.4 is 4.74 Å². The molecule has 0 fully saturated rings. The van der Waals surface area contributed by atoms with Crippen LogP contribution >= 0.6 is 0 Å². The van der Waals surface area contributed by atoms with Crippen LogP contribution in [0.2, 0.25) is 0 Å². The third-order valence-corrected chi connectivity index (χ3v) is 2.00. The second-order valence-electron chi connectivity index (χ2n) is 3.12. The van der Waals surface area contributed by atoms with Gasteiger partial charge in [0.1, 0.15) is 5.75 Å². The van der Waals surface area contributed by atoms with Gasteiger partial charge in [0.25, 0.3) is 0 Å². The van der Waals surface area contributed by atoms with Crippen LogP contribution in [-0.4, -0.2) is 29.4 Å². The number of aliphatic hydroxyl groups excluding tert-OH is 1. The summed E-state index contributed by atoms with van der Waals surface area (Å²) in [4.78, 5) is 10.5. The van der Waals surface area contributed by atoms with E-state index < -0.39 is 5.97 Å². The number of hydrogen-bond acceptors (Lipinski definition) is 3. The van der Waals surface area contributed by atoms with Crippen LogP contribution in [0.4, 0.5) is 0 Å². The van der Waals surface area contributed by atoms with Gasteiger partial charge in [0, 0.05) is 6.08 Å². The summed E-state index contributed by atoms with van der Waals surface area (Å²) in [6, 6.07) is 6.92. The third-order valence-electron chi connectivity index (χ3n) is 2.00. The molecular formula is C12H14O4. The van der Waals surface area contributed by atoms with Crippen LogP contribution in [0.5, 0.6) is 5.75 Å². The maximum Gasteiger partial charge on any atom is 0.328 e. The lowest BCUT2D eigenvalue weighted by molar-refractivity contribution is -0.131. The molecule has 86 valence electrons. The molecule has 0 atom stereocenters. The Morgan fingerprint density at radius 3 is 2.44 bits per heavy atom. The van der Waals surface area contributed by atoms with Crippen LogP contribution in [0, 0.1) is 0 Å². The Kier molecular flexibility index (Phi) is 4.54. The fourth-order valence-corrected chi connectivity index (χ4v) is 1.30. The van der Waals surface area contributed by atoms with E-state index >= 15 is 0 Å². The minimum atomic E-state index is -1.07. The van der Waals surface area contributed by atoms with E-state index in [1.807, 2.05) is 6.92 Å². The first-order valence-electron chi connectivity index (χ1n) is 4.95. The van der Waals surface area contributed by atoms with Crippen LogP contribution in [0.25, 0.3) is 5.57 Å². The van der Waals surface area contributed by atoms with Crippen molar-refractivity contribution in [1.29, 1.82) is 0 Å². The summed E-state index contributed by atoms with van der Waals surface area (Å²) in [5, 5.41) is 17.6. The summed E-state index contributed by atoms with van der Waals surface area (Å²) in [6.07, 6.45) is 0.996. The van der Waals surface area contributed by atoms with E-state index in [0.717, 1.165) is 11.8 Å². The highest BCUT2D eigenvalue weighted by Gasteiger charge is 2.03. The van der Waals surface area contributed by atoms with Gasteiger partial charge in [-0.3, -0.25) is 0 Å². The molecule has 1 rings (SSSR count). The number of ether oxygens (including phenoxy) is 1. The Hall–Kier alpha value is -1.81. The average molecular weight is 222 g/mol. The summed E-state index contributed by atoms with van der Waals surface area (Å²) < 4.78 is 5.26. The molecule has 0 saturated carbocycles. The Labute approximate surface area is 93.8 Å². The molecule has 0 unspecified atom stereocenters. The normalized spacial score (nSPS) is 11.2. The number of carbonyl (C=O) groups is 1. The lowest BCUT2D eigenvalue weighted by Gasteiger charge is -2.06. The molecule has 4 nitrogen and oxygen atoms in total. The van der Waals surface area contributed by atoms with E-state index in [2.05, 4.69) is 0 Å². The Bertz CT molecular complexity index is 379. The first-order chi connectivity index (χ1) is 7.67. The van der Waals surface area contributed by atoms with E-state index in [1.165, 1.54) is 0 Å². The van der Waals surface area contributed by atoms with Crippen molar-refractivity contribution in [2.24, 2.45) is 0 Å². The van der Waals surface area contributed by atoms with Crippen LogP contribution in [-0.2, 0) is 4.79 Å². The highest BCUT2D eigenvalue weighted by molar-refractivity contribution is 5.90. The van der Waals surface area contributed by atoms with Gasteiger partial charge in [-0.15, -0.1) is 0 Å². The van der Waals surface area contributed by atoms with E-state index in [-0.39, 0.29) is 6.61 Å². The van der Waals surface area contributed by atoms with E-state index in [9.17, 15) is 4.79 Å². The topological polar surface area (TPSA) is 66.8 Å². The minimum Gasteiger partial charge on any atom is -0.494 e. The molecule has 4 heteroatoms. The fraction of sp³-hybridized carbons (Fsp3) is 0.250. The molecule has 1 aromatic rings.